The van der Waals surface area contributed by atoms with Crippen molar-refractivity contribution < 1.29 is 18.0 Å². The monoisotopic (exact) mass is 561 g/mol. The molecule has 0 heterocycles. The number of rotatable bonds is 10. The van der Waals surface area contributed by atoms with E-state index in [0.717, 1.165) is 9.87 Å². The Morgan fingerprint density at radius 1 is 0.973 bits per heavy atom. The van der Waals surface area contributed by atoms with E-state index < -0.39 is 28.5 Å². The minimum absolute atomic E-state index is 0.0186. The largest absolute Gasteiger partial charge is 0.355 e. The van der Waals surface area contributed by atoms with Gasteiger partial charge in [-0.3, -0.25) is 13.9 Å². The minimum Gasteiger partial charge on any atom is -0.355 e. The first-order valence-corrected chi connectivity index (χ1v) is 13.9. The smallest absolute Gasteiger partial charge is 0.264 e. The highest BCUT2D eigenvalue weighted by Crippen LogP contribution is 2.27. The van der Waals surface area contributed by atoms with Crippen LogP contribution in [0.2, 0.25) is 10.0 Å². The molecule has 0 saturated heterocycles. The second-order valence-electron chi connectivity index (χ2n) is 8.49. The van der Waals surface area contributed by atoms with Gasteiger partial charge in [0.05, 0.1) is 10.6 Å². The molecule has 0 radical (unpaired) electrons. The van der Waals surface area contributed by atoms with Gasteiger partial charge in [0.2, 0.25) is 11.8 Å². The van der Waals surface area contributed by atoms with Crippen LogP contribution in [0.1, 0.15) is 25.0 Å². The lowest BCUT2D eigenvalue weighted by atomic mass is 10.1. The number of anilines is 1. The van der Waals surface area contributed by atoms with Gasteiger partial charge in [-0.05, 0) is 62.7 Å². The van der Waals surface area contributed by atoms with Crippen molar-refractivity contribution in [3.05, 3.63) is 94.0 Å². The fourth-order valence-electron chi connectivity index (χ4n) is 3.71. The number of benzene rings is 3. The van der Waals surface area contributed by atoms with E-state index >= 15 is 0 Å². The van der Waals surface area contributed by atoms with Crippen LogP contribution in [-0.4, -0.2) is 44.3 Å². The van der Waals surface area contributed by atoms with Gasteiger partial charge in [-0.15, -0.1) is 0 Å². The minimum atomic E-state index is -4.15. The molecule has 0 aliphatic heterocycles. The Kier molecular flexibility index (Phi) is 9.59. The van der Waals surface area contributed by atoms with Gasteiger partial charge in [-0.1, -0.05) is 65.2 Å². The number of likely N-dealkylation sites (N-methyl/N-ethyl adjacent to an activating group) is 1. The summed E-state index contributed by atoms with van der Waals surface area (Å²) in [6, 6.07) is 18.7. The second kappa shape index (κ2) is 12.4. The van der Waals surface area contributed by atoms with Crippen LogP contribution in [0.15, 0.2) is 77.7 Å². The molecule has 1 unspecified atom stereocenters. The highest BCUT2D eigenvalue weighted by Gasteiger charge is 2.32. The highest BCUT2D eigenvalue weighted by atomic mass is 35.5. The van der Waals surface area contributed by atoms with Crippen molar-refractivity contribution in [1.29, 1.82) is 0 Å². The predicted octanol–water partition coefficient (Wildman–Crippen LogP) is 5.05. The first kappa shape index (κ1) is 28.5. The van der Waals surface area contributed by atoms with Crippen LogP contribution in [0, 0.1) is 6.92 Å². The molecule has 10 heteroatoms. The van der Waals surface area contributed by atoms with Crippen LogP contribution < -0.4 is 9.62 Å². The number of carbonyl (C=O) groups is 2. The molecule has 0 saturated carbocycles. The maximum Gasteiger partial charge on any atom is 0.264 e. The summed E-state index contributed by atoms with van der Waals surface area (Å²) in [4.78, 5) is 27.9. The van der Waals surface area contributed by atoms with Crippen molar-refractivity contribution in [2.75, 3.05) is 17.4 Å². The van der Waals surface area contributed by atoms with Crippen molar-refractivity contribution in [2.45, 2.75) is 38.3 Å². The van der Waals surface area contributed by atoms with Gasteiger partial charge in [-0.25, -0.2) is 8.42 Å². The number of carbonyl (C=O) groups excluding carboxylic acids is 2. The molecule has 0 aromatic heterocycles. The maximum atomic E-state index is 13.8. The van der Waals surface area contributed by atoms with Crippen LogP contribution in [0.3, 0.4) is 0 Å². The first-order valence-electron chi connectivity index (χ1n) is 11.7. The standard InChI is InChI=1S/C27H29Cl2N3O4S/c1-4-30-27(34)20(3)31(17-21-8-5-6-11-25(21)29)26(33)18-32(23-10-7-9-22(28)16-23)37(35,36)24-14-12-19(2)13-15-24/h5-16,20H,4,17-18H2,1-3H3,(H,30,34). The molecule has 3 aromatic carbocycles. The Balaban J connectivity index is 2.04. The molecule has 3 rings (SSSR count). The van der Waals surface area contributed by atoms with Crippen molar-refractivity contribution >= 4 is 50.7 Å². The Hall–Kier alpha value is -3.07. The third-order valence-corrected chi connectivity index (χ3v) is 8.19. The van der Waals surface area contributed by atoms with Gasteiger partial charge in [0.1, 0.15) is 12.6 Å². The molecular formula is C27H29Cl2N3O4S. The molecule has 0 fully saturated rings. The topological polar surface area (TPSA) is 86.8 Å². The number of hydrogen-bond acceptors (Lipinski definition) is 4. The van der Waals surface area contributed by atoms with Crippen LogP contribution >= 0.6 is 23.2 Å². The molecule has 1 atom stereocenters. The molecule has 37 heavy (non-hydrogen) atoms. The van der Waals surface area contributed by atoms with Crippen LogP contribution in [0.5, 0.6) is 0 Å². The lowest BCUT2D eigenvalue weighted by Gasteiger charge is -2.32. The zero-order valence-electron chi connectivity index (χ0n) is 20.8. The van der Waals surface area contributed by atoms with Crippen LogP contribution in [0.25, 0.3) is 0 Å². The summed E-state index contributed by atoms with van der Waals surface area (Å²) in [5.74, 6) is -0.937. The molecule has 0 spiro atoms. The van der Waals surface area contributed by atoms with E-state index in [1.54, 1.807) is 68.4 Å². The van der Waals surface area contributed by atoms with E-state index in [-0.39, 0.29) is 23.0 Å². The molecule has 0 bridgehead atoms. The first-order chi connectivity index (χ1) is 17.5. The Labute approximate surface area is 228 Å². The van der Waals surface area contributed by atoms with Gasteiger partial charge in [-0.2, -0.15) is 0 Å². The van der Waals surface area contributed by atoms with Gasteiger partial charge < -0.3 is 10.2 Å². The summed E-state index contributed by atoms with van der Waals surface area (Å²) in [6.07, 6.45) is 0. The third-order valence-electron chi connectivity index (χ3n) is 5.80. The summed E-state index contributed by atoms with van der Waals surface area (Å²) in [5.41, 5.74) is 1.75. The fourth-order valence-corrected chi connectivity index (χ4v) is 5.50. The molecule has 2 amide bonds. The van der Waals surface area contributed by atoms with E-state index in [2.05, 4.69) is 5.32 Å². The Morgan fingerprint density at radius 3 is 2.27 bits per heavy atom. The number of amides is 2. The lowest BCUT2D eigenvalue weighted by molar-refractivity contribution is -0.139. The SMILES string of the molecule is CCNC(=O)C(C)N(Cc1ccccc1Cl)C(=O)CN(c1cccc(Cl)c1)S(=O)(=O)c1ccc(C)cc1. The maximum absolute atomic E-state index is 13.8. The fraction of sp³-hybridized carbons (Fsp3) is 0.259. The van der Waals surface area contributed by atoms with E-state index in [1.807, 2.05) is 6.92 Å². The van der Waals surface area contributed by atoms with Crippen molar-refractivity contribution in [1.82, 2.24) is 10.2 Å². The van der Waals surface area contributed by atoms with Gasteiger partial charge >= 0.3 is 0 Å². The summed E-state index contributed by atoms with van der Waals surface area (Å²) in [6.45, 7) is 5.07. The molecule has 0 aliphatic rings. The van der Waals surface area contributed by atoms with Gasteiger partial charge in [0.15, 0.2) is 0 Å². The number of nitrogens with one attached hydrogen (secondary N) is 1. The number of halogens is 2. The highest BCUT2D eigenvalue weighted by molar-refractivity contribution is 7.92. The summed E-state index contributed by atoms with van der Waals surface area (Å²) >= 11 is 12.5. The van der Waals surface area contributed by atoms with Gasteiger partial charge in [0.25, 0.3) is 10.0 Å². The average molecular weight is 563 g/mol. The molecule has 196 valence electrons. The van der Waals surface area contributed by atoms with E-state index in [1.165, 1.54) is 23.1 Å². The molecular weight excluding hydrogens is 533 g/mol. The number of sulfonamides is 1. The van der Waals surface area contributed by atoms with Crippen LogP contribution in [-0.2, 0) is 26.2 Å². The van der Waals surface area contributed by atoms with Gasteiger partial charge in [0, 0.05) is 23.1 Å². The van der Waals surface area contributed by atoms with E-state index in [0.29, 0.717) is 22.2 Å². The normalized spacial score (nSPS) is 12.0. The molecule has 3 aromatic rings. The van der Waals surface area contributed by atoms with Crippen molar-refractivity contribution in [2.24, 2.45) is 0 Å². The number of nitrogens with zero attached hydrogens (tertiary/aromatic N) is 2. The summed E-state index contributed by atoms with van der Waals surface area (Å²) in [7, 11) is -4.15. The lowest BCUT2D eigenvalue weighted by Crippen LogP contribution is -2.51. The molecule has 1 N–H and O–H groups in total. The van der Waals surface area contributed by atoms with Crippen molar-refractivity contribution in [3.63, 3.8) is 0 Å². The summed E-state index contributed by atoms with van der Waals surface area (Å²) < 4.78 is 28.5. The summed E-state index contributed by atoms with van der Waals surface area (Å²) in [5, 5.41) is 3.47. The zero-order valence-corrected chi connectivity index (χ0v) is 23.1. The third kappa shape index (κ3) is 7.03. The molecule has 7 nitrogen and oxygen atoms in total. The number of aryl methyl sites for hydroxylation is 1. The second-order valence-corrected chi connectivity index (χ2v) is 11.2. The van der Waals surface area contributed by atoms with Crippen LogP contribution in [0.4, 0.5) is 5.69 Å². The van der Waals surface area contributed by atoms with Crippen molar-refractivity contribution in [3.8, 4) is 0 Å². The average Bonchev–Trinajstić information content (AvgIpc) is 2.86. The Morgan fingerprint density at radius 2 is 1.65 bits per heavy atom. The van der Waals surface area contributed by atoms with E-state index in [4.69, 9.17) is 23.2 Å². The molecule has 0 aliphatic carbocycles. The number of hydrogen-bond donors (Lipinski definition) is 1. The predicted molar refractivity (Wildman–Crippen MR) is 147 cm³/mol. The quantitative estimate of drug-likeness (QED) is 0.375. The Bertz CT molecular complexity index is 1360. The zero-order chi connectivity index (χ0) is 27.2. The van der Waals surface area contributed by atoms with E-state index in [9.17, 15) is 18.0 Å².